The number of hydrogen-bond donors (Lipinski definition) is 4. The zero-order chi connectivity index (χ0) is 14.5. The second-order valence-electron chi connectivity index (χ2n) is 4.05. The lowest BCUT2D eigenvalue weighted by Crippen LogP contribution is -2.06. The Morgan fingerprint density at radius 2 is 1.90 bits per heavy atom. The molecule has 0 radical (unpaired) electrons. The van der Waals surface area contributed by atoms with E-state index in [1.165, 1.54) is 13.3 Å². The van der Waals surface area contributed by atoms with Crippen LogP contribution in [0.2, 0.25) is 0 Å². The lowest BCUT2D eigenvalue weighted by Gasteiger charge is -2.10. The van der Waals surface area contributed by atoms with E-state index >= 15 is 0 Å². The fraction of sp³-hybridized carbons (Fsp3) is 0.0769. The van der Waals surface area contributed by atoms with E-state index in [0.29, 0.717) is 17.1 Å². The number of rotatable bonds is 4. The zero-order valence-electron chi connectivity index (χ0n) is 10.8. The Balaban J connectivity index is 2.20. The van der Waals surface area contributed by atoms with E-state index in [1.54, 1.807) is 24.3 Å². The van der Waals surface area contributed by atoms with Crippen molar-refractivity contribution < 1.29 is 4.79 Å². The first-order valence-corrected chi connectivity index (χ1v) is 5.86. The maximum Gasteiger partial charge on any atom is 0.221 e. The number of carbonyl (C=O) groups excluding carboxylic acids is 1. The van der Waals surface area contributed by atoms with E-state index in [1.807, 2.05) is 0 Å². The van der Waals surface area contributed by atoms with Crippen molar-refractivity contribution >= 4 is 35.1 Å². The molecule has 1 aromatic carbocycles. The average Bonchev–Trinajstić information content (AvgIpc) is 2.41. The molecule has 7 nitrogen and oxygen atoms in total. The maximum absolute atomic E-state index is 10.9. The highest BCUT2D eigenvalue weighted by molar-refractivity contribution is 5.91. The first-order chi connectivity index (χ1) is 9.60. The number of nitrogens with one attached hydrogen (secondary N) is 3. The molecule has 0 aliphatic rings. The van der Waals surface area contributed by atoms with E-state index in [-0.39, 0.29) is 11.7 Å². The summed E-state index contributed by atoms with van der Waals surface area (Å²) in [6.07, 6.45) is 2.43. The van der Waals surface area contributed by atoms with Crippen molar-refractivity contribution in [1.82, 2.24) is 9.97 Å². The normalized spacial score (nSPS) is 9.85. The monoisotopic (exact) mass is 270 g/mol. The number of hydrogen-bond acceptors (Lipinski definition) is 6. The van der Waals surface area contributed by atoms with Gasteiger partial charge in [-0.05, 0) is 24.3 Å². The van der Waals surface area contributed by atoms with Crippen LogP contribution in [0.3, 0.4) is 0 Å². The number of nitrogens with two attached hydrogens (primary N) is 1. The Labute approximate surface area is 115 Å². The fourth-order valence-corrected chi connectivity index (χ4v) is 1.63. The quantitative estimate of drug-likeness (QED) is 0.631. The molecule has 0 aliphatic carbocycles. The smallest absolute Gasteiger partial charge is 0.221 e. The van der Waals surface area contributed by atoms with Crippen LogP contribution in [0.15, 0.2) is 30.6 Å². The van der Waals surface area contributed by atoms with Crippen molar-refractivity contribution in [1.29, 1.82) is 5.41 Å². The Bertz CT molecular complexity index is 638. The molecule has 1 amide bonds. The predicted molar refractivity (Wildman–Crippen MR) is 78.4 cm³/mol. The first-order valence-electron chi connectivity index (χ1n) is 5.86. The van der Waals surface area contributed by atoms with Crippen LogP contribution in [0.1, 0.15) is 12.5 Å². The number of benzene rings is 1. The first kappa shape index (κ1) is 13.5. The average molecular weight is 270 g/mol. The lowest BCUT2D eigenvalue weighted by molar-refractivity contribution is -0.114. The summed E-state index contributed by atoms with van der Waals surface area (Å²) in [5.74, 6) is 0.576. The van der Waals surface area contributed by atoms with Crippen molar-refractivity contribution in [3.63, 3.8) is 0 Å². The lowest BCUT2D eigenvalue weighted by atomic mass is 10.2. The van der Waals surface area contributed by atoms with Gasteiger partial charge in [0.05, 0.1) is 5.56 Å². The van der Waals surface area contributed by atoms with Gasteiger partial charge in [0.2, 0.25) is 5.91 Å². The third-order valence-corrected chi connectivity index (χ3v) is 2.53. The molecule has 0 saturated heterocycles. The molecule has 0 bridgehead atoms. The molecule has 0 fully saturated rings. The highest BCUT2D eigenvalue weighted by atomic mass is 16.1. The summed E-state index contributed by atoms with van der Waals surface area (Å²) in [6.45, 7) is 1.45. The topological polar surface area (TPSA) is 117 Å². The van der Waals surface area contributed by atoms with Crippen LogP contribution in [-0.4, -0.2) is 22.1 Å². The minimum atomic E-state index is -0.125. The summed E-state index contributed by atoms with van der Waals surface area (Å²) in [7, 11) is 0. The van der Waals surface area contributed by atoms with Gasteiger partial charge in [0.25, 0.3) is 0 Å². The Morgan fingerprint density at radius 3 is 2.50 bits per heavy atom. The molecular formula is C13H14N6O. The van der Waals surface area contributed by atoms with Crippen LogP contribution in [0, 0.1) is 5.41 Å². The van der Waals surface area contributed by atoms with Gasteiger partial charge in [-0.1, -0.05) is 0 Å². The van der Waals surface area contributed by atoms with E-state index in [0.717, 1.165) is 11.9 Å². The minimum absolute atomic E-state index is 0.125. The van der Waals surface area contributed by atoms with E-state index < -0.39 is 0 Å². The van der Waals surface area contributed by atoms with Crippen molar-refractivity contribution in [2.24, 2.45) is 0 Å². The highest BCUT2D eigenvalue weighted by Crippen LogP contribution is 2.21. The van der Waals surface area contributed by atoms with Gasteiger partial charge in [-0.3, -0.25) is 4.79 Å². The molecule has 20 heavy (non-hydrogen) atoms. The van der Waals surface area contributed by atoms with Gasteiger partial charge in [-0.2, -0.15) is 0 Å². The molecule has 1 aromatic heterocycles. The van der Waals surface area contributed by atoms with Crippen molar-refractivity contribution in [2.45, 2.75) is 6.92 Å². The van der Waals surface area contributed by atoms with Crippen molar-refractivity contribution in [2.75, 3.05) is 16.4 Å². The summed E-state index contributed by atoms with van der Waals surface area (Å²) < 4.78 is 0. The number of anilines is 4. The van der Waals surface area contributed by atoms with Gasteiger partial charge in [-0.15, -0.1) is 0 Å². The Morgan fingerprint density at radius 1 is 1.25 bits per heavy atom. The number of aromatic nitrogens is 2. The van der Waals surface area contributed by atoms with Gasteiger partial charge in [0.15, 0.2) is 0 Å². The summed E-state index contributed by atoms with van der Waals surface area (Å²) in [6, 6.07) is 7.10. The van der Waals surface area contributed by atoms with Gasteiger partial charge in [0, 0.05) is 24.5 Å². The van der Waals surface area contributed by atoms with Gasteiger partial charge in [-0.25, -0.2) is 9.97 Å². The van der Waals surface area contributed by atoms with Gasteiger partial charge in [0.1, 0.15) is 18.0 Å². The SMILES string of the molecule is CC(=O)Nc1ccc(Nc2ncnc(N)c2C=N)cc1. The second kappa shape index (κ2) is 5.79. The fourth-order valence-electron chi connectivity index (χ4n) is 1.63. The predicted octanol–water partition coefficient (Wildman–Crippen LogP) is 1.76. The number of amides is 1. The molecule has 2 rings (SSSR count). The Hall–Kier alpha value is -2.96. The third-order valence-electron chi connectivity index (χ3n) is 2.53. The Kier molecular flexibility index (Phi) is 3.90. The maximum atomic E-state index is 10.9. The van der Waals surface area contributed by atoms with E-state index in [2.05, 4.69) is 20.6 Å². The highest BCUT2D eigenvalue weighted by Gasteiger charge is 2.06. The van der Waals surface area contributed by atoms with Crippen LogP contribution in [0.4, 0.5) is 23.0 Å². The zero-order valence-corrected chi connectivity index (χ0v) is 10.8. The molecular weight excluding hydrogens is 256 g/mol. The van der Waals surface area contributed by atoms with Crippen LogP contribution < -0.4 is 16.4 Å². The van der Waals surface area contributed by atoms with Crippen LogP contribution in [0.25, 0.3) is 0 Å². The van der Waals surface area contributed by atoms with Crippen LogP contribution in [-0.2, 0) is 4.79 Å². The molecule has 1 heterocycles. The third kappa shape index (κ3) is 3.08. The molecule has 0 unspecified atom stereocenters. The molecule has 0 atom stereocenters. The molecule has 5 N–H and O–H groups in total. The number of carbonyl (C=O) groups is 1. The van der Waals surface area contributed by atoms with Gasteiger partial charge >= 0.3 is 0 Å². The van der Waals surface area contributed by atoms with Crippen molar-refractivity contribution in [3.05, 3.63) is 36.2 Å². The van der Waals surface area contributed by atoms with Gasteiger partial charge < -0.3 is 21.8 Å². The van der Waals surface area contributed by atoms with Crippen molar-refractivity contribution in [3.8, 4) is 0 Å². The van der Waals surface area contributed by atoms with Crippen LogP contribution in [0.5, 0.6) is 0 Å². The number of nitrogens with zero attached hydrogens (tertiary/aromatic N) is 2. The van der Waals surface area contributed by atoms with E-state index in [9.17, 15) is 4.79 Å². The summed E-state index contributed by atoms with van der Waals surface area (Å²) in [5, 5.41) is 13.1. The summed E-state index contributed by atoms with van der Waals surface area (Å²) >= 11 is 0. The minimum Gasteiger partial charge on any atom is -0.383 e. The van der Waals surface area contributed by atoms with Crippen LogP contribution >= 0.6 is 0 Å². The number of nitrogen functional groups attached to an aromatic ring is 1. The second-order valence-corrected chi connectivity index (χ2v) is 4.05. The standard InChI is InChI=1S/C13H14N6O/c1-8(20)18-9-2-4-10(5-3-9)19-13-11(6-14)12(15)16-7-17-13/h2-7,14H,1H3,(H,18,20)(H3,15,16,17,19). The largest absolute Gasteiger partial charge is 0.383 e. The molecule has 7 heteroatoms. The molecule has 0 aliphatic heterocycles. The molecule has 0 spiro atoms. The summed E-state index contributed by atoms with van der Waals surface area (Å²) in [5.41, 5.74) is 7.57. The molecule has 2 aromatic rings. The summed E-state index contributed by atoms with van der Waals surface area (Å²) in [4.78, 5) is 18.8. The molecule has 0 saturated carbocycles. The van der Waals surface area contributed by atoms with E-state index in [4.69, 9.17) is 11.1 Å². The molecule has 102 valence electrons.